The number of likely N-dealkylation sites (tertiary alicyclic amines) is 1. The second kappa shape index (κ2) is 9.39. The molecule has 5 rings (SSSR count). The van der Waals surface area contributed by atoms with Crippen molar-refractivity contribution in [3.63, 3.8) is 0 Å². The number of nitriles is 1. The third-order valence-corrected chi connectivity index (χ3v) is 6.40. The van der Waals surface area contributed by atoms with Crippen LogP contribution in [0.15, 0.2) is 40.9 Å². The minimum Gasteiger partial charge on any atom is -0.490 e. The predicted octanol–water partition coefficient (Wildman–Crippen LogP) is 3.83. The van der Waals surface area contributed by atoms with Crippen molar-refractivity contribution in [1.29, 1.82) is 5.26 Å². The molecule has 35 heavy (non-hydrogen) atoms. The fourth-order valence-electron chi connectivity index (χ4n) is 4.74. The number of fused-ring (bicyclic) bond motifs is 1. The Hall–Kier alpha value is -3.90. The van der Waals surface area contributed by atoms with E-state index in [0.29, 0.717) is 48.1 Å². The molecule has 1 aliphatic carbocycles. The number of rotatable bonds is 5. The van der Waals surface area contributed by atoms with Gasteiger partial charge in [0.05, 0.1) is 23.8 Å². The normalized spacial score (nSPS) is 19.0. The quantitative estimate of drug-likeness (QED) is 0.577. The van der Waals surface area contributed by atoms with Crippen LogP contribution in [0.1, 0.15) is 49.4 Å². The van der Waals surface area contributed by atoms with Crippen molar-refractivity contribution in [3.05, 3.63) is 53.1 Å². The number of urea groups is 1. The van der Waals surface area contributed by atoms with Gasteiger partial charge in [-0.15, -0.1) is 0 Å². The van der Waals surface area contributed by atoms with Gasteiger partial charge in [0.1, 0.15) is 11.8 Å². The smallest absolute Gasteiger partial charge is 0.317 e. The Kier molecular flexibility index (Phi) is 6.14. The summed E-state index contributed by atoms with van der Waals surface area (Å²) in [5.74, 6) is 1.30. The van der Waals surface area contributed by atoms with Gasteiger partial charge in [0.15, 0.2) is 0 Å². The van der Waals surface area contributed by atoms with E-state index in [-0.39, 0.29) is 18.2 Å². The predicted molar refractivity (Wildman–Crippen MR) is 127 cm³/mol. The first-order valence-electron chi connectivity index (χ1n) is 11.8. The first-order valence-corrected chi connectivity index (χ1v) is 11.8. The fourth-order valence-corrected chi connectivity index (χ4v) is 4.74. The van der Waals surface area contributed by atoms with Crippen LogP contribution in [0.5, 0.6) is 5.75 Å². The van der Waals surface area contributed by atoms with Gasteiger partial charge in [0, 0.05) is 24.2 Å². The van der Waals surface area contributed by atoms with Crippen molar-refractivity contribution in [1.82, 2.24) is 20.4 Å². The van der Waals surface area contributed by atoms with Crippen LogP contribution in [0.25, 0.3) is 22.8 Å². The van der Waals surface area contributed by atoms with Gasteiger partial charge in [-0.25, -0.2) is 4.79 Å². The van der Waals surface area contributed by atoms with E-state index < -0.39 is 6.10 Å². The van der Waals surface area contributed by atoms with Gasteiger partial charge in [-0.1, -0.05) is 23.4 Å². The summed E-state index contributed by atoms with van der Waals surface area (Å²) in [7, 11) is 0. The summed E-state index contributed by atoms with van der Waals surface area (Å²) in [6, 6.07) is 13.0. The van der Waals surface area contributed by atoms with E-state index in [2.05, 4.69) is 21.5 Å². The highest BCUT2D eigenvalue weighted by molar-refractivity contribution is 5.76. The molecule has 1 saturated heterocycles. The molecule has 2 N–H and O–H groups in total. The zero-order valence-corrected chi connectivity index (χ0v) is 19.7. The summed E-state index contributed by atoms with van der Waals surface area (Å²) in [6.07, 6.45) is 1.69. The lowest BCUT2D eigenvalue weighted by Crippen LogP contribution is -2.40. The molecule has 180 valence electrons. The molecular weight excluding hydrogens is 446 g/mol. The minimum atomic E-state index is -0.446. The molecule has 1 aliphatic heterocycles. The molecule has 2 aliphatic rings. The Morgan fingerprint density at radius 2 is 2.17 bits per heavy atom. The van der Waals surface area contributed by atoms with E-state index in [0.717, 1.165) is 29.5 Å². The van der Waals surface area contributed by atoms with E-state index >= 15 is 0 Å². The fraction of sp³-hybridized carbons (Fsp3) is 0.385. The van der Waals surface area contributed by atoms with Gasteiger partial charge in [-0.2, -0.15) is 10.2 Å². The van der Waals surface area contributed by atoms with Gasteiger partial charge in [0.25, 0.3) is 5.89 Å². The molecule has 1 aromatic heterocycles. The third-order valence-electron chi connectivity index (χ3n) is 6.40. The van der Waals surface area contributed by atoms with E-state index in [4.69, 9.17) is 9.26 Å². The number of amides is 2. The number of ether oxygens (including phenoxy) is 1. The average molecular weight is 474 g/mol. The number of nitrogens with zero attached hydrogens (tertiary/aromatic N) is 4. The van der Waals surface area contributed by atoms with Crippen LogP contribution in [0.3, 0.4) is 0 Å². The number of nitrogens with one attached hydrogen (secondary N) is 1. The highest BCUT2D eigenvalue weighted by Crippen LogP contribution is 2.38. The van der Waals surface area contributed by atoms with E-state index in [1.54, 1.807) is 23.1 Å². The molecular formula is C26H27N5O4. The Bertz CT molecular complexity index is 1300. The van der Waals surface area contributed by atoms with Crippen LogP contribution in [0, 0.1) is 11.3 Å². The molecule has 2 atom stereocenters. The highest BCUT2D eigenvalue weighted by atomic mass is 16.5. The lowest BCUT2D eigenvalue weighted by atomic mass is 10.0. The number of aliphatic hydroxyl groups is 1. The largest absolute Gasteiger partial charge is 0.490 e. The van der Waals surface area contributed by atoms with E-state index in [9.17, 15) is 15.2 Å². The Morgan fingerprint density at radius 3 is 2.91 bits per heavy atom. The maximum atomic E-state index is 12.6. The number of β-amino-alcohol motifs (C(OH)–C–C–N with tert-alkyl or cyclic N) is 1. The first kappa shape index (κ1) is 22.9. The minimum absolute atomic E-state index is 0.0429. The second-order valence-corrected chi connectivity index (χ2v) is 9.22. The van der Waals surface area contributed by atoms with Crippen LogP contribution in [0.4, 0.5) is 4.79 Å². The van der Waals surface area contributed by atoms with Crippen LogP contribution < -0.4 is 10.1 Å². The second-order valence-electron chi connectivity index (χ2n) is 9.22. The number of carbonyl (C=O) groups excluding carboxylic acids is 1. The summed E-state index contributed by atoms with van der Waals surface area (Å²) >= 11 is 0. The summed E-state index contributed by atoms with van der Waals surface area (Å²) in [5, 5.41) is 26.6. The summed E-state index contributed by atoms with van der Waals surface area (Å²) in [5.41, 5.74) is 4.04. The van der Waals surface area contributed by atoms with E-state index in [1.165, 1.54) is 0 Å². The van der Waals surface area contributed by atoms with Crippen LogP contribution in [0.2, 0.25) is 0 Å². The van der Waals surface area contributed by atoms with Crippen molar-refractivity contribution in [2.75, 3.05) is 13.1 Å². The maximum Gasteiger partial charge on any atom is 0.317 e. The van der Waals surface area contributed by atoms with E-state index in [1.807, 2.05) is 32.0 Å². The summed E-state index contributed by atoms with van der Waals surface area (Å²) in [6.45, 7) is 4.75. The van der Waals surface area contributed by atoms with Crippen LogP contribution in [-0.4, -0.2) is 51.5 Å². The first-order chi connectivity index (χ1) is 16.9. The Labute approximate surface area is 203 Å². The lowest BCUT2D eigenvalue weighted by Gasteiger charge is -2.21. The lowest BCUT2D eigenvalue weighted by molar-refractivity contribution is 0.170. The Balaban J connectivity index is 1.37. The van der Waals surface area contributed by atoms with Crippen LogP contribution >= 0.6 is 0 Å². The number of aliphatic hydroxyl groups excluding tert-OH is 1. The molecule has 9 nitrogen and oxygen atoms in total. The van der Waals surface area contributed by atoms with Gasteiger partial charge in [0.2, 0.25) is 5.82 Å². The molecule has 0 saturated carbocycles. The highest BCUT2D eigenvalue weighted by Gasteiger charge is 2.31. The number of hydrogen-bond donors (Lipinski definition) is 2. The standard InChI is InChI=1S/C26H27N5O4/c1-15(2)34-23-9-6-16(12-17(23)13-27)25-29-24(30-35-25)21-5-3-4-20-19(21)7-8-22(20)28-26(33)31-11-10-18(32)14-31/h3-6,9,12,15,18,22,32H,7-8,10-11,14H2,1-2H3,(H,28,33)/t18-,22-/m1/s1. The van der Waals surface area contributed by atoms with Crippen molar-refractivity contribution in [3.8, 4) is 34.7 Å². The number of hydrogen-bond acceptors (Lipinski definition) is 7. The van der Waals surface area contributed by atoms with Crippen molar-refractivity contribution >= 4 is 6.03 Å². The van der Waals surface area contributed by atoms with Crippen LogP contribution in [-0.2, 0) is 6.42 Å². The number of aromatic nitrogens is 2. The SMILES string of the molecule is CC(C)Oc1ccc(-c2nc(-c3cccc4c3CC[C@H]4NC(=O)N3CC[C@@H](O)C3)no2)cc1C#N. The van der Waals surface area contributed by atoms with Gasteiger partial charge < -0.3 is 24.6 Å². The van der Waals surface area contributed by atoms with Gasteiger partial charge >= 0.3 is 6.03 Å². The van der Waals surface area contributed by atoms with Gasteiger partial charge in [-0.3, -0.25) is 0 Å². The zero-order chi connectivity index (χ0) is 24.5. The van der Waals surface area contributed by atoms with Gasteiger partial charge in [-0.05, 0) is 62.4 Å². The molecule has 2 aromatic carbocycles. The third kappa shape index (κ3) is 4.57. The number of carbonyl (C=O) groups is 1. The molecule has 9 heteroatoms. The maximum absolute atomic E-state index is 12.6. The topological polar surface area (TPSA) is 125 Å². The zero-order valence-electron chi connectivity index (χ0n) is 19.7. The molecule has 0 radical (unpaired) electrons. The summed E-state index contributed by atoms with van der Waals surface area (Å²) in [4.78, 5) is 18.9. The Morgan fingerprint density at radius 1 is 1.31 bits per heavy atom. The molecule has 2 amide bonds. The number of benzene rings is 2. The van der Waals surface area contributed by atoms with Crippen molar-refractivity contribution in [2.45, 2.75) is 51.4 Å². The molecule has 0 unspecified atom stereocenters. The molecule has 2 heterocycles. The average Bonchev–Trinajstić information content (AvgIpc) is 3.59. The molecule has 0 spiro atoms. The van der Waals surface area contributed by atoms with Crippen molar-refractivity contribution in [2.24, 2.45) is 0 Å². The van der Waals surface area contributed by atoms with Crippen molar-refractivity contribution < 1.29 is 19.2 Å². The monoisotopic (exact) mass is 473 g/mol. The molecule has 3 aromatic rings. The summed E-state index contributed by atoms with van der Waals surface area (Å²) < 4.78 is 11.2. The molecule has 0 bridgehead atoms. The molecule has 1 fully saturated rings.